The molecule has 1 heteroatoms. The minimum atomic E-state index is 0.354. The number of hydrogen-bond donors (Lipinski definition) is 1. The van der Waals surface area contributed by atoms with Gasteiger partial charge < -0.3 is 5.32 Å². The summed E-state index contributed by atoms with van der Waals surface area (Å²) in [6.07, 6.45) is 0. The molecule has 0 aliphatic carbocycles. The second-order valence-corrected chi connectivity index (χ2v) is 3.17. The molecule has 0 amide bonds. The molecule has 1 rings (SSSR count). The first-order chi connectivity index (χ1) is 6.25. The topological polar surface area (TPSA) is 12.0 Å². The number of rotatable bonds is 4. The molecule has 0 aliphatic rings. The molecule has 0 saturated carbocycles. The van der Waals surface area contributed by atoms with E-state index in [2.05, 4.69) is 37.9 Å². The second-order valence-electron chi connectivity index (χ2n) is 3.17. The zero-order chi connectivity index (χ0) is 9.68. The van der Waals surface area contributed by atoms with Crippen molar-refractivity contribution in [3.05, 3.63) is 42.5 Å². The van der Waals surface area contributed by atoms with Crippen molar-refractivity contribution in [2.75, 3.05) is 6.54 Å². The first-order valence-corrected chi connectivity index (χ1v) is 4.73. The maximum atomic E-state index is 4.08. The van der Waals surface area contributed by atoms with Crippen LogP contribution in [0.3, 0.4) is 0 Å². The Hall–Kier alpha value is -1.08. The van der Waals surface area contributed by atoms with Gasteiger partial charge in [0.2, 0.25) is 0 Å². The lowest BCUT2D eigenvalue weighted by Gasteiger charge is -2.15. The van der Waals surface area contributed by atoms with E-state index in [1.165, 1.54) is 5.56 Å². The van der Waals surface area contributed by atoms with Crippen molar-refractivity contribution in [1.29, 1.82) is 0 Å². The van der Waals surface area contributed by atoms with Crippen LogP contribution in [0, 0.1) is 0 Å². The molecule has 13 heavy (non-hydrogen) atoms. The van der Waals surface area contributed by atoms with Crippen LogP contribution in [0.1, 0.15) is 19.4 Å². The van der Waals surface area contributed by atoms with Gasteiger partial charge in [0.05, 0.1) is 0 Å². The zero-order valence-corrected chi connectivity index (χ0v) is 8.38. The molecular weight excluding hydrogens is 158 g/mol. The van der Waals surface area contributed by atoms with Crippen molar-refractivity contribution in [3.63, 3.8) is 0 Å². The Labute approximate surface area is 80.5 Å². The highest BCUT2D eigenvalue weighted by molar-refractivity contribution is 5.66. The third-order valence-electron chi connectivity index (χ3n) is 2.18. The summed E-state index contributed by atoms with van der Waals surface area (Å²) in [5, 5.41) is 3.34. The Morgan fingerprint density at radius 2 is 2.00 bits per heavy atom. The summed E-state index contributed by atoms with van der Waals surface area (Å²) < 4.78 is 0. The Morgan fingerprint density at radius 1 is 1.38 bits per heavy atom. The molecule has 1 aromatic carbocycles. The zero-order valence-electron chi connectivity index (χ0n) is 8.38. The molecule has 1 atom stereocenters. The number of hydrogen-bond acceptors (Lipinski definition) is 1. The third kappa shape index (κ3) is 2.71. The van der Waals surface area contributed by atoms with E-state index in [-0.39, 0.29) is 0 Å². The molecule has 0 heterocycles. The van der Waals surface area contributed by atoms with E-state index < -0.39 is 0 Å². The van der Waals surface area contributed by atoms with Gasteiger partial charge in [-0.15, -0.1) is 0 Å². The van der Waals surface area contributed by atoms with Crippen molar-refractivity contribution in [3.8, 4) is 0 Å². The lowest BCUT2D eigenvalue weighted by atomic mass is 10.0. The van der Waals surface area contributed by atoms with Crippen molar-refractivity contribution < 1.29 is 0 Å². The van der Waals surface area contributed by atoms with Gasteiger partial charge in [-0.25, -0.2) is 0 Å². The largest absolute Gasteiger partial charge is 0.310 e. The summed E-state index contributed by atoms with van der Waals surface area (Å²) in [6.45, 7) is 9.30. The van der Waals surface area contributed by atoms with Gasteiger partial charge in [0.25, 0.3) is 0 Å². The van der Waals surface area contributed by atoms with Crippen molar-refractivity contribution in [2.24, 2.45) is 0 Å². The fraction of sp³-hybridized carbons (Fsp3) is 0.333. The molecule has 1 unspecified atom stereocenters. The normalized spacial score (nSPS) is 12.5. The van der Waals surface area contributed by atoms with Gasteiger partial charge in [-0.3, -0.25) is 0 Å². The van der Waals surface area contributed by atoms with Crippen LogP contribution >= 0.6 is 0 Å². The van der Waals surface area contributed by atoms with Crippen LogP contribution in [-0.4, -0.2) is 12.6 Å². The van der Waals surface area contributed by atoms with Crippen molar-refractivity contribution >= 4 is 5.57 Å². The smallest absolute Gasteiger partial charge is 0.0291 e. The molecule has 0 aliphatic heterocycles. The molecule has 1 N–H and O–H groups in total. The summed E-state index contributed by atoms with van der Waals surface area (Å²) in [6, 6.07) is 10.6. The quantitative estimate of drug-likeness (QED) is 0.742. The summed E-state index contributed by atoms with van der Waals surface area (Å²) in [7, 11) is 0. The molecule has 1 nitrogen and oxygen atoms in total. The first-order valence-electron chi connectivity index (χ1n) is 4.73. The number of benzene rings is 1. The molecule has 0 bridgehead atoms. The first kappa shape index (κ1) is 10.0. The summed E-state index contributed by atoms with van der Waals surface area (Å²) >= 11 is 0. The molecule has 0 fully saturated rings. The molecular formula is C12H17N. The van der Waals surface area contributed by atoms with Crippen LogP contribution in [-0.2, 0) is 0 Å². The highest BCUT2D eigenvalue weighted by Gasteiger charge is 2.05. The van der Waals surface area contributed by atoms with Gasteiger partial charge in [0.1, 0.15) is 0 Å². The van der Waals surface area contributed by atoms with E-state index in [1.807, 2.05) is 18.2 Å². The van der Waals surface area contributed by atoms with Crippen molar-refractivity contribution in [2.45, 2.75) is 19.9 Å². The number of nitrogens with one attached hydrogen (secondary N) is 1. The summed E-state index contributed by atoms with van der Waals surface area (Å²) in [5.74, 6) is 0. The third-order valence-corrected chi connectivity index (χ3v) is 2.18. The maximum absolute atomic E-state index is 4.08. The van der Waals surface area contributed by atoms with E-state index in [0.717, 1.165) is 12.1 Å². The summed E-state index contributed by atoms with van der Waals surface area (Å²) in [4.78, 5) is 0. The van der Waals surface area contributed by atoms with Gasteiger partial charge in [0.15, 0.2) is 0 Å². The minimum Gasteiger partial charge on any atom is -0.310 e. The van der Waals surface area contributed by atoms with Gasteiger partial charge in [-0.05, 0) is 24.6 Å². The lowest BCUT2D eigenvalue weighted by molar-refractivity contribution is 0.674. The SMILES string of the molecule is C=C(c1ccccc1)C(C)NCC. The number of likely N-dealkylation sites (N-methyl/N-ethyl adjacent to an activating group) is 1. The van der Waals surface area contributed by atoms with Crippen molar-refractivity contribution in [1.82, 2.24) is 5.32 Å². The average Bonchev–Trinajstić information content (AvgIpc) is 2.18. The van der Waals surface area contributed by atoms with E-state index in [1.54, 1.807) is 0 Å². The fourth-order valence-electron chi connectivity index (χ4n) is 1.33. The van der Waals surface area contributed by atoms with E-state index in [0.29, 0.717) is 6.04 Å². The van der Waals surface area contributed by atoms with E-state index in [9.17, 15) is 0 Å². The summed E-state index contributed by atoms with van der Waals surface area (Å²) in [5.41, 5.74) is 2.37. The van der Waals surface area contributed by atoms with Crippen LogP contribution < -0.4 is 5.32 Å². The molecule has 1 aromatic rings. The fourth-order valence-corrected chi connectivity index (χ4v) is 1.33. The monoisotopic (exact) mass is 175 g/mol. The van der Waals surface area contributed by atoms with Crippen LogP contribution in [0.25, 0.3) is 5.57 Å². The van der Waals surface area contributed by atoms with Gasteiger partial charge in [-0.1, -0.05) is 43.8 Å². The lowest BCUT2D eigenvalue weighted by Crippen LogP contribution is -2.26. The van der Waals surface area contributed by atoms with Crippen LogP contribution in [0.2, 0.25) is 0 Å². The minimum absolute atomic E-state index is 0.354. The Balaban J connectivity index is 2.68. The van der Waals surface area contributed by atoms with Gasteiger partial charge >= 0.3 is 0 Å². The highest BCUT2D eigenvalue weighted by Crippen LogP contribution is 2.14. The Bertz CT molecular complexity index is 264. The van der Waals surface area contributed by atoms with Crippen LogP contribution in [0.4, 0.5) is 0 Å². The van der Waals surface area contributed by atoms with Gasteiger partial charge in [-0.2, -0.15) is 0 Å². The standard InChI is InChI=1S/C12H17N/c1-4-13-11(3)10(2)12-8-6-5-7-9-12/h5-9,11,13H,2,4H2,1,3H3. The van der Waals surface area contributed by atoms with Crippen LogP contribution in [0.5, 0.6) is 0 Å². The molecule has 0 radical (unpaired) electrons. The maximum Gasteiger partial charge on any atom is 0.0291 e. The Kier molecular flexibility index (Phi) is 3.71. The molecule has 0 aromatic heterocycles. The predicted octanol–water partition coefficient (Wildman–Crippen LogP) is 2.70. The van der Waals surface area contributed by atoms with E-state index >= 15 is 0 Å². The molecule has 0 saturated heterocycles. The predicted molar refractivity (Wildman–Crippen MR) is 58.6 cm³/mol. The molecule has 0 spiro atoms. The average molecular weight is 175 g/mol. The highest BCUT2D eigenvalue weighted by atomic mass is 14.9. The Morgan fingerprint density at radius 3 is 2.54 bits per heavy atom. The molecule has 70 valence electrons. The van der Waals surface area contributed by atoms with Crippen LogP contribution in [0.15, 0.2) is 36.9 Å². The second kappa shape index (κ2) is 4.83. The van der Waals surface area contributed by atoms with E-state index in [4.69, 9.17) is 0 Å². The van der Waals surface area contributed by atoms with Gasteiger partial charge in [0, 0.05) is 6.04 Å².